The van der Waals surface area contributed by atoms with E-state index in [9.17, 15) is 20.1 Å². The number of rotatable bonds is 9. The lowest BCUT2D eigenvalue weighted by atomic mass is 10.0. The summed E-state index contributed by atoms with van der Waals surface area (Å²) in [6.45, 7) is 5.86. The molecule has 124 valence electrons. The molecule has 5 heteroatoms. The Kier molecular flexibility index (Phi) is 7.02. The second-order valence-corrected chi connectivity index (χ2v) is 5.57. The van der Waals surface area contributed by atoms with Gasteiger partial charge in [-0.3, -0.25) is 0 Å². The Hall–Kier alpha value is -1.91. The summed E-state index contributed by atoms with van der Waals surface area (Å²) in [5, 5.41) is 28.8. The lowest BCUT2D eigenvalue weighted by molar-refractivity contribution is 0.0687. The van der Waals surface area contributed by atoms with Gasteiger partial charge in [-0.1, -0.05) is 39.0 Å². The maximum Gasteiger partial charge on any atom is 0.343 e. The SMILES string of the molecule is CCCCCCCCOc1c(C)c(C)c(O)c(O)c1C(=O)O. The molecular formula is C17H26O5. The van der Waals surface area contributed by atoms with Gasteiger partial charge in [-0.15, -0.1) is 0 Å². The quantitative estimate of drug-likeness (QED) is 0.471. The van der Waals surface area contributed by atoms with Crippen LogP contribution in [0.15, 0.2) is 0 Å². The highest BCUT2D eigenvalue weighted by atomic mass is 16.5. The van der Waals surface area contributed by atoms with Crippen LogP contribution in [0, 0.1) is 13.8 Å². The molecule has 1 rings (SSSR count). The van der Waals surface area contributed by atoms with E-state index in [0.29, 0.717) is 17.7 Å². The molecular weight excluding hydrogens is 284 g/mol. The van der Waals surface area contributed by atoms with Crippen LogP contribution in [0.25, 0.3) is 0 Å². The first-order chi connectivity index (χ1) is 10.4. The monoisotopic (exact) mass is 310 g/mol. The predicted octanol–water partition coefficient (Wildman–Crippen LogP) is 4.15. The van der Waals surface area contributed by atoms with Gasteiger partial charge >= 0.3 is 5.97 Å². The Labute approximate surface area is 131 Å². The van der Waals surface area contributed by atoms with E-state index in [-0.39, 0.29) is 11.3 Å². The zero-order valence-corrected chi connectivity index (χ0v) is 13.6. The number of aromatic hydroxyl groups is 2. The van der Waals surface area contributed by atoms with Crippen molar-refractivity contribution in [2.75, 3.05) is 6.61 Å². The van der Waals surface area contributed by atoms with Crippen LogP contribution in [0.5, 0.6) is 17.2 Å². The summed E-state index contributed by atoms with van der Waals surface area (Å²) >= 11 is 0. The van der Waals surface area contributed by atoms with Gasteiger partial charge in [0.15, 0.2) is 11.5 Å². The molecule has 0 amide bonds. The van der Waals surface area contributed by atoms with Gasteiger partial charge in [-0.05, 0) is 25.8 Å². The van der Waals surface area contributed by atoms with E-state index in [4.69, 9.17) is 4.74 Å². The number of ether oxygens (including phenoxy) is 1. The number of carboxylic acids is 1. The summed E-state index contributed by atoms with van der Waals surface area (Å²) in [5.41, 5.74) is 0.603. The standard InChI is InChI=1S/C17H26O5/c1-4-5-6-7-8-9-10-22-16-12(3)11(2)14(18)15(19)13(16)17(20)21/h18-19H,4-10H2,1-3H3,(H,20,21). The minimum absolute atomic E-state index is 0.147. The van der Waals surface area contributed by atoms with Gasteiger partial charge in [0.05, 0.1) is 6.61 Å². The molecule has 0 aliphatic carbocycles. The highest BCUT2D eigenvalue weighted by molar-refractivity contribution is 5.96. The van der Waals surface area contributed by atoms with E-state index in [0.717, 1.165) is 19.3 Å². The van der Waals surface area contributed by atoms with Gasteiger partial charge in [0.1, 0.15) is 11.3 Å². The lowest BCUT2D eigenvalue weighted by Gasteiger charge is -2.16. The molecule has 0 radical (unpaired) electrons. The van der Waals surface area contributed by atoms with Crippen molar-refractivity contribution in [1.29, 1.82) is 0 Å². The van der Waals surface area contributed by atoms with Crippen LogP contribution in [0.1, 0.15) is 66.9 Å². The average Bonchev–Trinajstić information content (AvgIpc) is 2.48. The fourth-order valence-corrected chi connectivity index (χ4v) is 2.37. The molecule has 0 unspecified atom stereocenters. The largest absolute Gasteiger partial charge is 0.504 e. The number of aromatic carboxylic acids is 1. The third-order valence-corrected chi connectivity index (χ3v) is 3.90. The zero-order chi connectivity index (χ0) is 16.7. The number of hydrogen-bond acceptors (Lipinski definition) is 4. The summed E-state index contributed by atoms with van der Waals surface area (Å²) in [5.74, 6) is -2.20. The smallest absolute Gasteiger partial charge is 0.343 e. The van der Waals surface area contributed by atoms with Crippen LogP contribution in [0.4, 0.5) is 0 Å². The van der Waals surface area contributed by atoms with Crippen molar-refractivity contribution in [1.82, 2.24) is 0 Å². The second-order valence-electron chi connectivity index (χ2n) is 5.57. The fourth-order valence-electron chi connectivity index (χ4n) is 2.37. The van der Waals surface area contributed by atoms with Crippen molar-refractivity contribution < 1.29 is 24.9 Å². The molecule has 0 aliphatic heterocycles. The van der Waals surface area contributed by atoms with Crippen LogP contribution in [0.2, 0.25) is 0 Å². The number of benzene rings is 1. The molecule has 0 atom stereocenters. The topological polar surface area (TPSA) is 87.0 Å². The van der Waals surface area contributed by atoms with Gasteiger partial charge < -0.3 is 20.1 Å². The molecule has 1 aromatic rings. The van der Waals surface area contributed by atoms with Crippen molar-refractivity contribution >= 4 is 5.97 Å². The van der Waals surface area contributed by atoms with Gasteiger partial charge in [-0.25, -0.2) is 4.79 Å². The molecule has 0 aliphatic rings. The number of unbranched alkanes of at least 4 members (excludes halogenated alkanes) is 5. The molecule has 0 bridgehead atoms. The van der Waals surface area contributed by atoms with Crippen LogP contribution >= 0.6 is 0 Å². The molecule has 0 heterocycles. The van der Waals surface area contributed by atoms with Crippen LogP contribution in [-0.4, -0.2) is 27.9 Å². The molecule has 0 spiro atoms. The third kappa shape index (κ3) is 4.29. The van der Waals surface area contributed by atoms with E-state index < -0.39 is 17.5 Å². The van der Waals surface area contributed by atoms with Gasteiger partial charge in [0, 0.05) is 5.56 Å². The van der Waals surface area contributed by atoms with Gasteiger partial charge in [0.2, 0.25) is 0 Å². The molecule has 0 saturated carbocycles. The first-order valence-corrected chi connectivity index (χ1v) is 7.82. The van der Waals surface area contributed by atoms with Crippen molar-refractivity contribution in [2.45, 2.75) is 59.3 Å². The highest BCUT2D eigenvalue weighted by Gasteiger charge is 2.25. The third-order valence-electron chi connectivity index (χ3n) is 3.90. The van der Waals surface area contributed by atoms with Crippen molar-refractivity contribution in [3.8, 4) is 17.2 Å². The Bertz CT molecular complexity index is 523. The van der Waals surface area contributed by atoms with Crippen LogP contribution < -0.4 is 4.74 Å². The van der Waals surface area contributed by atoms with Gasteiger partial charge in [-0.2, -0.15) is 0 Å². The lowest BCUT2D eigenvalue weighted by Crippen LogP contribution is -2.08. The summed E-state index contributed by atoms with van der Waals surface area (Å²) in [7, 11) is 0. The van der Waals surface area contributed by atoms with E-state index >= 15 is 0 Å². The maximum atomic E-state index is 11.3. The van der Waals surface area contributed by atoms with Crippen LogP contribution in [0.3, 0.4) is 0 Å². The van der Waals surface area contributed by atoms with E-state index in [1.807, 2.05) is 0 Å². The minimum Gasteiger partial charge on any atom is -0.504 e. The molecule has 3 N–H and O–H groups in total. The number of hydrogen-bond donors (Lipinski definition) is 3. The predicted molar refractivity (Wildman–Crippen MR) is 85.1 cm³/mol. The minimum atomic E-state index is -1.31. The normalized spacial score (nSPS) is 10.7. The first-order valence-electron chi connectivity index (χ1n) is 7.82. The Morgan fingerprint density at radius 1 is 0.955 bits per heavy atom. The number of phenols is 2. The van der Waals surface area contributed by atoms with Crippen molar-refractivity contribution in [3.63, 3.8) is 0 Å². The van der Waals surface area contributed by atoms with E-state index in [1.165, 1.54) is 19.3 Å². The summed E-state index contributed by atoms with van der Waals surface area (Å²) in [4.78, 5) is 11.3. The maximum absolute atomic E-state index is 11.3. The molecule has 0 fully saturated rings. The summed E-state index contributed by atoms with van der Waals surface area (Å²) in [6.07, 6.45) is 6.64. The number of phenolic OH excluding ortho intramolecular Hbond substituents is 1. The van der Waals surface area contributed by atoms with Gasteiger partial charge in [0.25, 0.3) is 0 Å². The van der Waals surface area contributed by atoms with Crippen molar-refractivity contribution in [2.24, 2.45) is 0 Å². The Morgan fingerprint density at radius 3 is 2.14 bits per heavy atom. The first kappa shape index (κ1) is 18.1. The highest BCUT2D eigenvalue weighted by Crippen LogP contribution is 2.42. The molecule has 5 nitrogen and oxygen atoms in total. The average molecular weight is 310 g/mol. The molecule has 0 aromatic heterocycles. The zero-order valence-electron chi connectivity index (χ0n) is 13.6. The molecule has 1 aromatic carbocycles. The number of carbonyl (C=O) groups is 1. The fraction of sp³-hybridized carbons (Fsp3) is 0.588. The molecule has 0 saturated heterocycles. The Morgan fingerprint density at radius 2 is 1.55 bits per heavy atom. The van der Waals surface area contributed by atoms with E-state index in [1.54, 1.807) is 13.8 Å². The van der Waals surface area contributed by atoms with Crippen molar-refractivity contribution in [3.05, 3.63) is 16.7 Å². The summed E-state index contributed by atoms with van der Waals surface area (Å²) < 4.78 is 5.60. The van der Waals surface area contributed by atoms with Crippen LogP contribution in [-0.2, 0) is 0 Å². The number of carboxylic acid groups (broad SMARTS) is 1. The van der Waals surface area contributed by atoms with E-state index in [2.05, 4.69) is 6.92 Å². The second kappa shape index (κ2) is 8.51. The molecule has 22 heavy (non-hydrogen) atoms. The Balaban J connectivity index is 2.75. The summed E-state index contributed by atoms with van der Waals surface area (Å²) in [6, 6.07) is 0.